The number of benzene rings is 2. The third kappa shape index (κ3) is 6.01. The Balaban J connectivity index is 1.18. The number of carbonyl (C=O) groups is 2. The highest BCUT2D eigenvalue weighted by molar-refractivity contribution is 5.92. The average Bonchev–Trinajstić information content (AvgIpc) is 3.35. The van der Waals surface area contributed by atoms with Crippen LogP contribution in [0.15, 0.2) is 66.7 Å². The summed E-state index contributed by atoms with van der Waals surface area (Å²) in [6, 6.07) is 21.7. The molecule has 0 atom stereocenters. The molecule has 3 heterocycles. The van der Waals surface area contributed by atoms with Crippen molar-refractivity contribution in [3.05, 3.63) is 66.7 Å². The lowest BCUT2D eigenvalue weighted by molar-refractivity contribution is -0.134. The standard InChI is InChI=1S/C28H34N6O2/c35-27(21-31-16-18-32(19-17-31)22-28(36)33-14-8-3-9-15-33)29-26-20-25(23-10-4-1-5-11-23)30-34(26)24-12-6-2-7-13-24/h1-2,4-7,10-13,20H,3,8-9,14-19,21-22H2,(H,29,35). The summed E-state index contributed by atoms with van der Waals surface area (Å²) in [7, 11) is 0. The van der Waals surface area contributed by atoms with Crippen LogP contribution in [0.2, 0.25) is 0 Å². The van der Waals surface area contributed by atoms with E-state index in [9.17, 15) is 9.59 Å². The first-order chi connectivity index (χ1) is 17.7. The Kier molecular flexibility index (Phi) is 7.73. The number of hydrogen-bond donors (Lipinski definition) is 1. The molecule has 2 saturated heterocycles. The third-order valence-corrected chi connectivity index (χ3v) is 6.95. The fourth-order valence-corrected chi connectivity index (χ4v) is 4.91. The topological polar surface area (TPSA) is 73.7 Å². The first kappa shape index (κ1) is 24.2. The lowest BCUT2D eigenvalue weighted by Crippen LogP contribution is -2.51. The number of amides is 2. The maximum atomic E-state index is 13.0. The van der Waals surface area contributed by atoms with Crippen LogP contribution in [0.3, 0.4) is 0 Å². The number of anilines is 1. The zero-order valence-electron chi connectivity index (χ0n) is 20.7. The zero-order valence-corrected chi connectivity index (χ0v) is 20.7. The van der Waals surface area contributed by atoms with Gasteiger partial charge in [0.15, 0.2) is 0 Å². The van der Waals surface area contributed by atoms with E-state index < -0.39 is 0 Å². The van der Waals surface area contributed by atoms with Crippen LogP contribution in [0.5, 0.6) is 0 Å². The number of carbonyl (C=O) groups excluding carboxylic acids is 2. The molecule has 2 aliphatic rings. The number of likely N-dealkylation sites (tertiary alicyclic amines) is 1. The highest BCUT2D eigenvalue weighted by Crippen LogP contribution is 2.24. The minimum Gasteiger partial charge on any atom is -0.342 e. The Morgan fingerprint density at radius 3 is 2.03 bits per heavy atom. The molecule has 8 nitrogen and oxygen atoms in total. The van der Waals surface area contributed by atoms with E-state index in [1.54, 1.807) is 4.68 Å². The number of piperazine rings is 1. The number of para-hydroxylation sites is 1. The van der Waals surface area contributed by atoms with Gasteiger partial charge in [-0.15, -0.1) is 0 Å². The van der Waals surface area contributed by atoms with Gasteiger partial charge in [0.2, 0.25) is 11.8 Å². The normalized spacial score (nSPS) is 17.2. The predicted octanol–water partition coefficient (Wildman–Crippen LogP) is 3.11. The highest BCUT2D eigenvalue weighted by atomic mass is 16.2. The first-order valence-corrected chi connectivity index (χ1v) is 12.9. The summed E-state index contributed by atoms with van der Waals surface area (Å²) in [4.78, 5) is 32.0. The summed E-state index contributed by atoms with van der Waals surface area (Å²) in [5, 5.41) is 7.85. The summed E-state index contributed by atoms with van der Waals surface area (Å²) < 4.78 is 1.78. The minimum atomic E-state index is -0.0652. The summed E-state index contributed by atoms with van der Waals surface area (Å²) in [5.74, 6) is 0.824. The van der Waals surface area contributed by atoms with Gasteiger partial charge in [-0.05, 0) is 31.4 Å². The molecule has 0 radical (unpaired) electrons. The van der Waals surface area contributed by atoms with Gasteiger partial charge in [0, 0.05) is 50.9 Å². The lowest BCUT2D eigenvalue weighted by Gasteiger charge is -2.35. The van der Waals surface area contributed by atoms with Crippen LogP contribution in [0.4, 0.5) is 5.82 Å². The van der Waals surface area contributed by atoms with Crippen molar-refractivity contribution in [2.24, 2.45) is 0 Å². The Hall–Kier alpha value is -3.49. The second-order valence-corrected chi connectivity index (χ2v) is 9.57. The third-order valence-electron chi connectivity index (χ3n) is 6.95. The zero-order chi connectivity index (χ0) is 24.7. The van der Waals surface area contributed by atoms with Crippen molar-refractivity contribution < 1.29 is 9.59 Å². The molecule has 2 fully saturated rings. The molecule has 188 valence electrons. The molecule has 0 bridgehead atoms. The SMILES string of the molecule is O=C(CN1CCN(CC(=O)N2CCCCC2)CC1)Nc1cc(-c2ccccc2)nn1-c1ccccc1. The molecule has 0 unspecified atom stereocenters. The van der Waals surface area contributed by atoms with Gasteiger partial charge in [0.05, 0.1) is 24.5 Å². The number of rotatable bonds is 7. The number of hydrogen-bond acceptors (Lipinski definition) is 5. The van der Waals surface area contributed by atoms with Gasteiger partial charge in [-0.25, -0.2) is 4.68 Å². The second kappa shape index (κ2) is 11.5. The highest BCUT2D eigenvalue weighted by Gasteiger charge is 2.24. The van der Waals surface area contributed by atoms with Crippen LogP contribution in [0, 0.1) is 0 Å². The second-order valence-electron chi connectivity index (χ2n) is 9.57. The van der Waals surface area contributed by atoms with Crippen molar-refractivity contribution >= 4 is 17.6 Å². The van der Waals surface area contributed by atoms with E-state index >= 15 is 0 Å². The van der Waals surface area contributed by atoms with Crippen molar-refractivity contribution in [2.45, 2.75) is 19.3 Å². The Morgan fingerprint density at radius 2 is 1.36 bits per heavy atom. The van der Waals surface area contributed by atoms with Crippen LogP contribution >= 0.6 is 0 Å². The van der Waals surface area contributed by atoms with E-state index in [2.05, 4.69) is 15.1 Å². The lowest BCUT2D eigenvalue weighted by atomic mass is 10.1. The number of aromatic nitrogens is 2. The fraction of sp³-hybridized carbons (Fsp3) is 0.393. The van der Waals surface area contributed by atoms with Gasteiger partial charge in [-0.3, -0.25) is 19.4 Å². The monoisotopic (exact) mass is 486 g/mol. The van der Waals surface area contributed by atoms with Crippen LogP contribution in [0.25, 0.3) is 16.9 Å². The molecule has 1 N–H and O–H groups in total. The quantitative estimate of drug-likeness (QED) is 0.556. The molecule has 0 saturated carbocycles. The average molecular weight is 487 g/mol. The van der Waals surface area contributed by atoms with Crippen molar-refractivity contribution in [3.63, 3.8) is 0 Å². The van der Waals surface area contributed by atoms with E-state index in [1.165, 1.54) is 6.42 Å². The maximum absolute atomic E-state index is 13.0. The molecule has 0 spiro atoms. The van der Waals surface area contributed by atoms with E-state index in [1.807, 2.05) is 71.6 Å². The van der Waals surface area contributed by atoms with E-state index in [0.717, 1.165) is 69.1 Å². The number of nitrogens with zero attached hydrogens (tertiary/aromatic N) is 5. The molecule has 0 aliphatic carbocycles. The van der Waals surface area contributed by atoms with Gasteiger partial charge >= 0.3 is 0 Å². The molecule has 8 heteroatoms. The number of piperidine rings is 1. The predicted molar refractivity (Wildman–Crippen MR) is 141 cm³/mol. The van der Waals surface area contributed by atoms with Crippen LogP contribution in [-0.4, -0.2) is 88.7 Å². The molecular formula is C28H34N6O2. The van der Waals surface area contributed by atoms with Gasteiger partial charge in [-0.2, -0.15) is 5.10 Å². The Labute approximate surface area is 212 Å². The van der Waals surface area contributed by atoms with Crippen molar-refractivity contribution in [2.75, 3.05) is 57.7 Å². The molecule has 3 aromatic rings. The molecule has 36 heavy (non-hydrogen) atoms. The van der Waals surface area contributed by atoms with Gasteiger partial charge < -0.3 is 10.2 Å². The smallest absolute Gasteiger partial charge is 0.239 e. The molecule has 5 rings (SSSR count). The first-order valence-electron chi connectivity index (χ1n) is 12.9. The van der Waals surface area contributed by atoms with Crippen LogP contribution < -0.4 is 5.32 Å². The molecule has 2 aromatic carbocycles. The minimum absolute atomic E-state index is 0.0652. The maximum Gasteiger partial charge on any atom is 0.239 e. The summed E-state index contributed by atoms with van der Waals surface area (Å²) >= 11 is 0. The molecule has 1 aromatic heterocycles. The van der Waals surface area contributed by atoms with E-state index in [-0.39, 0.29) is 11.8 Å². The fourth-order valence-electron chi connectivity index (χ4n) is 4.91. The van der Waals surface area contributed by atoms with Gasteiger partial charge in [-0.1, -0.05) is 48.5 Å². The van der Waals surface area contributed by atoms with Gasteiger partial charge in [0.25, 0.3) is 0 Å². The summed E-state index contributed by atoms with van der Waals surface area (Å²) in [6.45, 7) is 5.73. The number of nitrogens with one attached hydrogen (secondary N) is 1. The summed E-state index contributed by atoms with van der Waals surface area (Å²) in [5.41, 5.74) is 2.70. The van der Waals surface area contributed by atoms with Crippen molar-refractivity contribution in [1.82, 2.24) is 24.5 Å². The molecule has 2 amide bonds. The van der Waals surface area contributed by atoms with E-state index in [4.69, 9.17) is 5.10 Å². The molecular weight excluding hydrogens is 452 g/mol. The Bertz CT molecular complexity index is 1150. The van der Waals surface area contributed by atoms with Crippen molar-refractivity contribution in [3.8, 4) is 16.9 Å². The van der Waals surface area contributed by atoms with Crippen LogP contribution in [-0.2, 0) is 9.59 Å². The molecule has 2 aliphatic heterocycles. The summed E-state index contributed by atoms with van der Waals surface area (Å²) in [6.07, 6.45) is 3.46. The largest absolute Gasteiger partial charge is 0.342 e. The van der Waals surface area contributed by atoms with Crippen molar-refractivity contribution in [1.29, 1.82) is 0 Å². The van der Waals surface area contributed by atoms with E-state index in [0.29, 0.717) is 18.9 Å². The van der Waals surface area contributed by atoms with Gasteiger partial charge in [0.1, 0.15) is 5.82 Å². The van der Waals surface area contributed by atoms with Crippen LogP contribution in [0.1, 0.15) is 19.3 Å². The Morgan fingerprint density at radius 1 is 0.750 bits per heavy atom.